The van der Waals surface area contributed by atoms with E-state index in [1.165, 1.54) is 11.9 Å². The highest BCUT2D eigenvalue weighted by Gasteiger charge is 2.39. The lowest BCUT2D eigenvalue weighted by molar-refractivity contribution is -0.159. The molecule has 0 aliphatic heterocycles. The number of alkyl halides is 3. The van der Waals surface area contributed by atoms with Crippen molar-refractivity contribution in [2.24, 2.45) is 5.14 Å². The molecule has 0 amide bonds. The number of allylic oxidation sites excluding steroid dienone is 1. The van der Waals surface area contributed by atoms with Gasteiger partial charge in [0.1, 0.15) is 0 Å². The Labute approximate surface area is 99.6 Å². The van der Waals surface area contributed by atoms with E-state index in [1.54, 1.807) is 6.08 Å². The van der Waals surface area contributed by atoms with Crippen molar-refractivity contribution in [3.05, 3.63) is 23.9 Å². The molecule has 0 aromatic carbocycles. The highest BCUT2D eigenvalue weighted by atomic mass is 32.2. The summed E-state index contributed by atoms with van der Waals surface area (Å²) < 4.78 is 40.9. The van der Waals surface area contributed by atoms with Crippen LogP contribution < -0.4 is 5.14 Å². The first kappa shape index (κ1) is 12.4. The molecule has 2 unspecified atom stereocenters. The number of nitrogens with zero attached hydrogens (tertiary/aromatic N) is 2. The molecule has 1 aromatic rings. The molecule has 0 radical (unpaired) electrons. The smallest absolute Gasteiger partial charge is 0.329 e. The lowest BCUT2D eigenvalue weighted by atomic mass is 9.95. The summed E-state index contributed by atoms with van der Waals surface area (Å²) in [7, 11) is 0. The van der Waals surface area contributed by atoms with Gasteiger partial charge in [0.05, 0.1) is 0 Å². The summed E-state index contributed by atoms with van der Waals surface area (Å²) in [4.78, 5) is 3.36. The number of hydrogen-bond donors (Lipinski definition) is 1. The molecule has 17 heavy (non-hydrogen) atoms. The van der Waals surface area contributed by atoms with Crippen LogP contribution in [0.5, 0.6) is 0 Å². The van der Waals surface area contributed by atoms with Crippen LogP contribution in [0.2, 0.25) is 0 Å². The Morgan fingerprint density at radius 3 is 2.59 bits per heavy atom. The quantitative estimate of drug-likeness (QED) is 0.657. The summed E-state index contributed by atoms with van der Waals surface area (Å²) in [5, 5.41) is 8.99. The summed E-state index contributed by atoms with van der Waals surface area (Å²) >= 11 is 1.22. The van der Waals surface area contributed by atoms with Gasteiger partial charge in [0.2, 0.25) is 0 Å². The van der Waals surface area contributed by atoms with E-state index in [1.807, 2.05) is 6.08 Å². The maximum atomic E-state index is 12.3. The van der Waals surface area contributed by atoms with Gasteiger partial charge in [-0.25, -0.2) is 0 Å². The molecular weight excluding hydrogens is 255 g/mol. The van der Waals surface area contributed by atoms with E-state index in [4.69, 9.17) is 5.14 Å². The zero-order valence-electron chi connectivity index (χ0n) is 8.65. The first-order chi connectivity index (χ1) is 8.00. The molecule has 0 saturated heterocycles. The molecule has 1 aliphatic rings. The van der Waals surface area contributed by atoms with Crippen LogP contribution in [0.25, 0.3) is 0 Å². The molecule has 2 atom stereocenters. The second-order valence-electron chi connectivity index (χ2n) is 3.70. The van der Waals surface area contributed by atoms with Crippen LogP contribution in [0.4, 0.5) is 13.2 Å². The summed E-state index contributed by atoms with van der Waals surface area (Å²) in [5.74, 6) is -1.44. The highest BCUT2D eigenvalue weighted by molar-refractivity contribution is 7.97. The minimum absolute atomic E-state index is 0.0778. The van der Waals surface area contributed by atoms with Crippen LogP contribution in [0.3, 0.4) is 0 Å². The van der Waals surface area contributed by atoms with E-state index >= 15 is 0 Å². The standard InChI is InChI=1S/C9H10F3N3OS/c10-9(11,12)8-14-7(15-16-8)5-1-3-6(17-13)4-2-5/h1,3,5-6H,2,4,13H2. The number of rotatable bonds is 2. The summed E-state index contributed by atoms with van der Waals surface area (Å²) in [6, 6.07) is 0. The topological polar surface area (TPSA) is 64.9 Å². The average Bonchev–Trinajstić information content (AvgIpc) is 2.78. The van der Waals surface area contributed by atoms with Crippen molar-refractivity contribution in [1.29, 1.82) is 0 Å². The van der Waals surface area contributed by atoms with E-state index in [-0.39, 0.29) is 17.0 Å². The van der Waals surface area contributed by atoms with Crippen LogP contribution in [0.15, 0.2) is 16.7 Å². The van der Waals surface area contributed by atoms with Crippen molar-refractivity contribution in [3.8, 4) is 0 Å². The Morgan fingerprint density at radius 2 is 2.12 bits per heavy atom. The van der Waals surface area contributed by atoms with E-state index in [2.05, 4.69) is 14.7 Å². The number of hydrogen-bond acceptors (Lipinski definition) is 5. The zero-order valence-corrected chi connectivity index (χ0v) is 9.46. The van der Waals surface area contributed by atoms with Gasteiger partial charge in [-0.15, -0.1) is 0 Å². The molecule has 4 nitrogen and oxygen atoms in total. The third kappa shape index (κ3) is 2.81. The molecular formula is C9H10F3N3OS. The van der Waals surface area contributed by atoms with Crippen LogP contribution in [0, 0.1) is 0 Å². The fourth-order valence-corrected chi connectivity index (χ4v) is 2.08. The third-order valence-electron chi connectivity index (χ3n) is 2.51. The minimum Gasteiger partial charge on any atom is -0.329 e. The SMILES string of the molecule is NSC1C=CC(c2noc(C(F)(F)F)n2)CC1. The second-order valence-corrected chi connectivity index (χ2v) is 4.58. The van der Waals surface area contributed by atoms with E-state index in [0.717, 1.165) is 6.42 Å². The van der Waals surface area contributed by atoms with Crippen LogP contribution >= 0.6 is 11.9 Å². The molecule has 1 aromatic heterocycles. The molecule has 2 rings (SSSR count). The lowest BCUT2D eigenvalue weighted by Crippen LogP contribution is -2.12. The molecule has 94 valence electrons. The normalized spacial score (nSPS) is 25.2. The Bertz CT molecular complexity index is 418. The highest BCUT2D eigenvalue weighted by Crippen LogP contribution is 2.32. The van der Waals surface area contributed by atoms with Gasteiger partial charge < -0.3 is 4.52 Å². The number of aromatic nitrogens is 2. The summed E-state index contributed by atoms with van der Waals surface area (Å²) in [5.41, 5.74) is 0. The van der Waals surface area contributed by atoms with Crippen molar-refractivity contribution in [1.82, 2.24) is 10.1 Å². The molecule has 0 saturated carbocycles. The lowest BCUT2D eigenvalue weighted by Gasteiger charge is -2.18. The van der Waals surface area contributed by atoms with Gasteiger partial charge in [0.25, 0.3) is 0 Å². The Kier molecular flexibility index (Phi) is 3.43. The molecule has 0 fully saturated rings. The van der Waals surface area contributed by atoms with Crippen molar-refractivity contribution in [2.75, 3.05) is 0 Å². The Hall–Kier alpha value is -1.02. The van der Waals surface area contributed by atoms with Gasteiger partial charge in [0, 0.05) is 11.2 Å². The molecule has 0 bridgehead atoms. The Morgan fingerprint density at radius 1 is 1.35 bits per heavy atom. The van der Waals surface area contributed by atoms with E-state index in [9.17, 15) is 13.2 Å². The van der Waals surface area contributed by atoms with Gasteiger partial charge in [-0.2, -0.15) is 18.2 Å². The number of halogens is 3. The minimum atomic E-state index is -4.58. The van der Waals surface area contributed by atoms with Crippen molar-refractivity contribution >= 4 is 11.9 Å². The second kappa shape index (κ2) is 4.69. The summed E-state index contributed by atoms with van der Waals surface area (Å²) in [6.45, 7) is 0. The average molecular weight is 265 g/mol. The predicted molar refractivity (Wildman–Crippen MR) is 56.0 cm³/mol. The van der Waals surface area contributed by atoms with Crippen LogP contribution in [-0.4, -0.2) is 15.4 Å². The van der Waals surface area contributed by atoms with Crippen molar-refractivity contribution < 1.29 is 17.7 Å². The first-order valence-electron chi connectivity index (χ1n) is 4.95. The van der Waals surface area contributed by atoms with Crippen LogP contribution in [0.1, 0.15) is 30.5 Å². The fraction of sp³-hybridized carbons (Fsp3) is 0.556. The predicted octanol–water partition coefficient (Wildman–Crippen LogP) is 2.50. The fourth-order valence-electron chi connectivity index (χ4n) is 1.62. The van der Waals surface area contributed by atoms with Crippen molar-refractivity contribution in [3.63, 3.8) is 0 Å². The van der Waals surface area contributed by atoms with Gasteiger partial charge in [-0.05, 0) is 12.8 Å². The van der Waals surface area contributed by atoms with Crippen LogP contribution in [-0.2, 0) is 6.18 Å². The Balaban J connectivity index is 2.12. The molecule has 1 aliphatic carbocycles. The number of nitrogens with two attached hydrogens (primary N) is 1. The van der Waals surface area contributed by atoms with E-state index < -0.39 is 12.1 Å². The maximum absolute atomic E-state index is 12.3. The monoisotopic (exact) mass is 265 g/mol. The maximum Gasteiger partial charge on any atom is 0.471 e. The first-order valence-corrected chi connectivity index (χ1v) is 5.89. The summed E-state index contributed by atoms with van der Waals surface area (Å²) in [6.07, 6.45) is 0.515. The van der Waals surface area contributed by atoms with Gasteiger partial charge in [0.15, 0.2) is 5.82 Å². The van der Waals surface area contributed by atoms with Gasteiger partial charge in [-0.3, -0.25) is 5.14 Å². The third-order valence-corrected chi connectivity index (χ3v) is 3.25. The zero-order chi connectivity index (χ0) is 12.5. The van der Waals surface area contributed by atoms with Gasteiger partial charge in [-0.1, -0.05) is 29.3 Å². The van der Waals surface area contributed by atoms with E-state index in [0.29, 0.717) is 6.42 Å². The molecule has 0 spiro atoms. The molecule has 8 heteroatoms. The largest absolute Gasteiger partial charge is 0.471 e. The molecule has 1 heterocycles. The van der Waals surface area contributed by atoms with Crippen molar-refractivity contribution in [2.45, 2.75) is 30.2 Å². The van der Waals surface area contributed by atoms with Gasteiger partial charge >= 0.3 is 12.1 Å². The molecule has 2 N–H and O–H groups in total.